The van der Waals surface area contributed by atoms with Crippen LogP contribution in [0.4, 0.5) is 0 Å². The van der Waals surface area contributed by atoms with Crippen molar-refractivity contribution in [2.45, 2.75) is 25.9 Å². The number of carboxylic acid groups (broad SMARTS) is 1. The molecule has 0 aliphatic carbocycles. The van der Waals surface area contributed by atoms with E-state index < -0.39 is 5.97 Å². The zero-order valence-corrected chi connectivity index (χ0v) is 11.4. The molecule has 0 bridgehead atoms. The average molecular weight is 278 g/mol. The van der Waals surface area contributed by atoms with Gasteiger partial charge in [0.25, 0.3) is 0 Å². The molecule has 2 heterocycles. The summed E-state index contributed by atoms with van der Waals surface area (Å²) in [7, 11) is 0. The van der Waals surface area contributed by atoms with E-state index in [1.807, 2.05) is 19.2 Å². The third-order valence-corrected chi connectivity index (χ3v) is 3.79. The van der Waals surface area contributed by atoms with Gasteiger partial charge in [0, 0.05) is 24.3 Å². The van der Waals surface area contributed by atoms with E-state index in [1.165, 1.54) is 12.5 Å². The third kappa shape index (κ3) is 3.12. The molecule has 7 heteroatoms. The van der Waals surface area contributed by atoms with Gasteiger partial charge in [-0.05, 0) is 13.8 Å². The fraction of sp³-hybridized carbons (Fsp3) is 0.333. The quantitative estimate of drug-likeness (QED) is 0.864. The van der Waals surface area contributed by atoms with Crippen LogP contribution in [0.3, 0.4) is 0 Å². The standard InChI is InChI=1S/C12H14N4O2S/c1-12(2,11-14-3-4-19-11)16-6-9-8(10(17)18)5-13-7-15-9/h3-5,7,16H,6H2,1-2H3,(H,17,18). The lowest BCUT2D eigenvalue weighted by atomic mass is 10.1. The predicted octanol–water partition coefficient (Wildman–Crippen LogP) is 1.66. The Hall–Kier alpha value is -1.86. The molecule has 0 fully saturated rings. The zero-order valence-electron chi connectivity index (χ0n) is 10.6. The van der Waals surface area contributed by atoms with Gasteiger partial charge in [-0.1, -0.05) is 0 Å². The molecule has 0 radical (unpaired) electrons. The molecular formula is C12H14N4O2S. The van der Waals surface area contributed by atoms with Gasteiger partial charge in [0.15, 0.2) is 0 Å². The van der Waals surface area contributed by atoms with Crippen molar-refractivity contribution >= 4 is 17.3 Å². The number of carbonyl (C=O) groups is 1. The summed E-state index contributed by atoms with van der Waals surface area (Å²) in [5.41, 5.74) is 0.242. The van der Waals surface area contributed by atoms with Gasteiger partial charge >= 0.3 is 5.97 Å². The van der Waals surface area contributed by atoms with E-state index in [0.717, 1.165) is 5.01 Å². The summed E-state index contributed by atoms with van der Waals surface area (Å²) < 4.78 is 0. The summed E-state index contributed by atoms with van der Waals surface area (Å²) in [5, 5.41) is 15.2. The lowest BCUT2D eigenvalue weighted by molar-refractivity contribution is 0.0694. The van der Waals surface area contributed by atoms with Gasteiger partial charge in [0.05, 0.1) is 11.2 Å². The first-order valence-corrected chi connectivity index (χ1v) is 6.56. The Morgan fingerprint density at radius 3 is 2.89 bits per heavy atom. The Morgan fingerprint density at radius 2 is 2.26 bits per heavy atom. The molecule has 2 aromatic rings. The fourth-order valence-corrected chi connectivity index (χ4v) is 2.33. The molecule has 0 atom stereocenters. The van der Waals surface area contributed by atoms with Crippen LogP contribution >= 0.6 is 11.3 Å². The van der Waals surface area contributed by atoms with Gasteiger partial charge < -0.3 is 10.4 Å². The van der Waals surface area contributed by atoms with Gasteiger partial charge in [0.1, 0.15) is 16.9 Å². The monoisotopic (exact) mass is 278 g/mol. The van der Waals surface area contributed by atoms with Crippen molar-refractivity contribution in [2.75, 3.05) is 0 Å². The maximum Gasteiger partial charge on any atom is 0.339 e. The van der Waals surface area contributed by atoms with Crippen molar-refractivity contribution in [1.29, 1.82) is 0 Å². The molecule has 100 valence electrons. The number of rotatable bonds is 5. The Bertz CT molecular complexity index is 569. The van der Waals surface area contributed by atoms with E-state index in [2.05, 4.69) is 20.3 Å². The van der Waals surface area contributed by atoms with E-state index in [4.69, 9.17) is 5.11 Å². The summed E-state index contributed by atoms with van der Waals surface area (Å²) in [4.78, 5) is 23.1. The first-order chi connectivity index (χ1) is 9.00. The van der Waals surface area contributed by atoms with Gasteiger partial charge in [-0.25, -0.2) is 19.7 Å². The molecule has 19 heavy (non-hydrogen) atoms. The van der Waals surface area contributed by atoms with Crippen LogP contribution in [0.1, 0.15) is 34.9 Å². The maximum absolute atomic E-state index is 11.1. The highest BCUT2D eigenvalue weighted by molar-refractivity contribution is 7.09. The summed E-state index contributed by atoms with van der Waals surface area (Å²) in [6, 6.07) is 0. The Labute approximate surface area is 114 Å². The van der Waals surface area contributed by atoms with Gasteiger partial charge in [0.2, 0.25) is 0 Å². The minimum atomic E-state index is -1.02. The summed E-state index contributed by atoms with van der Waals surface area (Å²) in [6.45, 7) is 4.33. The Kier molecular flexibility index (Phi) is 3.87. The number of nitrogens with one attached hydrogen (secondary N) is 1. The Balaban J connectivity index is 2.13. The topological polar surface area (TPSA) is 88.0 Å². The second-order valence-corrected chi connectivity index (χ2v) is 5.40. The smallest absolute Gasteiger partial charge is 0.339 e. The SMILES string of the molecule is CC(C)(NCc1ncncc1C(=O)O)c1nccs1. The zero-order chi connectivity index (χ0) is 13.9. The van der Waals surface area contributed by atoms with Crippen LogP contribution in [-0.4, -0.2) is 26.0 Å². The number of hydrogen-bond donors (Lipinski definition) is 2. The molecule has 0 saturated heterocycles. The third-order valence-electron chi connectivity index (χ3n) is 2.69. The van der Waals surface area contributed by atoms with Gasteiger partial charge in [-0.15, -0.1) is 11.3 Å². The maximum atomic E-state index is 11.1. The molecule has 0 saturated carbocycles. The van der Waals surface area contributed by atoms with Crippen LogP contribution in [0.25, 0.3) is 0 Å². The highest BCUT2D eigenvalue weighted by atomic mass is 32.1. The first-order valence-electron chi connectivity index (χ1n) is 5.68. The molecule has 6 nitrogen and oxygen atoms in total. The summed E-state index contributed by atoms with van der Waals surface area (Å²) in [6.07, 6.45) is 4.40. The normalized spacial score (nSPS) is 11.5. The molecule has 0 spiro atoms. The minimum Gasteiger partial charge on any atom is -0.478 e. The van der Waals surface area contributed by atoms with E-state index in [1.54, 1.807) is 17.5 Å². The van der Waals surface area contributed by atoms with Crippen molar-refractivity contribution in [3.8, 4) is 0 Å². The number of nitrogens with zero attached hydrogens (tertiary/aromatic N) is 3. The molecule has 0 unspecified atom stereocenters. The molecule has 0 aromatic carbocycles. The van der Waals surface area contributed by atoms with Crippen molar-refractivity contribution in [1.82, 2.24) is 20.3 Å². The van der Waals surface area contributed by atoms with Crippen LogP contribution in [0.5, 0.6) is 0 Å². The van der Waals surface area contributed by atoms with Gasteiger partial charge in [-0.2, -0.15) is 0 Å². The minimum absolute atomic E-state index is 0.116. The van der Waals surface area contributed by atoms with E-state index in [9.17, 15) is 4.79 Å². The number of aromatic nitrogens is 3. The summed E-state index contributed by atoms with van der Waals surface area (Å²) in [5.74, 6) is -1.02. The van der Waals surface area contributed by atoms with E-state index in [-0.39, 0.29) is 11.1 Å². The highest BCUT2D eigenvalue weighted by Crippen LogP contribution is 2.22. The van der Waals surface area contributed by atoms with E-state index >= 15 is 0 Å². The molecular weight excluding hydrogens is 264 g/mol. The molecule has 0 amide bonds. The molecule has 0 aliphatic heterocycles. The van der Waals surface area contributed by atoms with Crippen LogP contribution in [0.15, 0.2) is 24.1 Å². The number of hydrogen-bond acceptors (Lipinski definition) is 6. The lowest BCUT2D eigenvalue weighted by Crippen LogP contribution is -2.36. The van der Waals surface area contributed by atoms with Crippen LogP contribution < -0.4 is 5.32 Å². The second kappa shape index (κ2) is 5.41. The van der Waals surface area contributed by atoms with Crippen LogP contribution in [-0.2, 0) is 12.1 Å². The second-order valence-electron chi connectivity index (χ2n) is 4.50. The molecule has 0 aliphatic rings. The number of carboxylic acids is 1. The Morgan fingerprint density at radius 1 is 1.47 bits per heavy atom. The van der Waals surface area contributed by atoms with Crippen molar-refractivity contribution < 1.29 is 9.90 Å². The first kappa shape index (κ1) is 13.6. The number of aromatic carboxylic acids is 1. The largest absolute Gasteiger partial charge is 0.478 e. The number of thiazole rings is 1. The summed E-state index contributed by atoms with van der Waals surface area (Å²) >= 11 is 1.55. The average Bonchev–Trinajstić information content (AvgIpc) is 2.91. The molecule has 2 N–H and O–H groups in total. The van der Waals surface area contributed by atoms with E-state index in [0.29, 0.717) is 12.2 Å². The van der Waals surface area contributed by atoms with Crippen molar-refractivity contribution in [3.05, 3.63) is 40.4 Å². The van der Waals surface area contributed by atoms with Crippen molar-refractivity contribution in [2.24, 2.45) is 0 Å². The van der Waals surface area contributed by atoms with Gasteiger partial charge in [-0.3, -0.25) is 0 Å². The predicted molar refractivity (Wildman–Crippen MR) is 71.0 cm³/mol. The van der Waals surface area contributed by atoms with Crippen LogP contribution in [0.2, 0.25) is 0 Å². The van der Waals surface area contributed by atoms with Crippen LogP contribution in [0, 0.1) is 0 Å². The highest BCUT2D eigenvalue weighted by Gasteiger charge is 2.23. The molecule has 2 rings (SSSR count). The lowest BCUT2D eigenvalue weighted by Gasteiger charge is -2.23. The molecule has 2 aromatic heterocycles. The fourth-order valence-electron chi connectivity index (χ4n) is 1.59. The van der Waals surface area contributed by atoms with Crippen molar-refractivity contribution in [3.63, 3.8) is 0 Å².